The molecule has 2 N–H and O–H groups in total. The third-order valence-corrected chi connectivity index (χ3v) is 8.89. The first-order chi connectivity index (χ1) is 17.9. The van der Waals surface area contributed by atoms with Crippen molar-refractivity contribution in [1.82, 2.24) is 10.0 Å². The lowest BCUT2D eigenvalue weighted by atomic mass is 9.99. The summed E-state index contributed by atoms with van der Waals surface area (Å²) in [5.41, 5.74) is 3.01. The highest BCUT2D eigenvalue weighted by Gasteiger charge is 2.43. The van der Waals surface area contributed by atoms with Gasteiger partial charge in [0.15, 0.2) is 14.6 Å². The summed E-state index contributed by atoms with van der Waals surface area (Å²) >= 11 is 0. The molecule has 38 heavy (non-hydrogen) atoms. The van der Waals surface area contributed by atoms with E-state index in [-0.39, 0.29) is 30.4 Å². The monoisotopic (exact) mass is 546 g/mol. The summed E-state index contributed by atoms with van der Waals surface area (Å²) in [6.45, 7) is 5.82. The lowest BCUT2D eigenvalue weighted by Gasteiger charge is -2.25. The zero-order valence-electron chi connectivity index (χ0n) is 22.2. The Morgan fingerprint density at radius 3 is 2.53 bits per heavy atom. The second-order valence-electron chi connectivity index (χ2n) is 10.0. The van der Waals surface area contributed by atoms with Crippen LogP contribution in [0.2, 0.25) is 0 Å². The summed E-state index contributed by atoms with van der Waals surface area (Å²) in [6, 6.07) is 11.9. The maximum Gasteiger partial charge on any atom is 0.264 e. The van der Waals surface area contributed by atoms with Gasteiger partial charge in [-0.05, 0) is 87.2 Å². The number of hydrogen-bond acceptors (Lipinski definition) is 6. The minimum Gasteiger partial charge on any atom is -0.379 e. The number of aromatic nitrogens is 1. The number of unbranched alkanes of at least 4 members (excludes halogenated alkanes) is 1. The van der Waals surface area contributed by atoms with E-state index in [9.17, 15) is 22.4 Å². The average molecular weight is 547 g/mol. The Balaban J connectivity index is 1.78. The molecule has 1 heterocycles. The molecule has 0 aliphatic heterocycles. The molecular formula is C28H35FN2O6S. The lowest BCUT2D eigenvalue weighted by Crippen LogP contribution is -2.49. The molecule has 0 saturated heterocycles. The number of sulfone groups is 1. The summed E-state index contributed by atoms with van der Waals surface area (Å²) in [5.74, 6) is -1.40. The van der Waals surface area contributed by atoms with Crippen molar-refractivity contribution in [2.45, 2.75) is 63.9 Å². The van der Waals surface area contributed by atoms with Crippen LogP contribution in [0, 0.1) is 5.82 Å². The molecule has 206 valence electrons. The molecule has 1 aromatic heterocycles. The average Bonchev–Trinajstić information content (AvgIpc) is 2.86. The number of carbonyl (C=O) groups excluding carboxylic acids is 1. The molecule has 8 nitrogen and oxygen atoms in total. The molecule has 0 saturated carbocycles. The van der Waals surface area contributed by atoms with E-state index >= 15 is 0 Å². The zero-order valence-corrected chi connectivity index (χ0v) is 23.0. The molecule has 0 aliphatic carbocycles. The summed E-state index contributed by atoms with van der Waals surface area (Å²) in [6.07, 6.45) is 4.97. The number of nitrogens with one attached hydrogen (secondary N) is 1. The third kappa shape index (κ3) is 6.67. The molecule has 0 unspecified atom stereocenters. The quantitative estimate of drug-likeness (QED) is 0.199. The highest BCUT2D eigenvalue weighted by atomic mass is 32.2. The van der Waals surface area contributed by atoms with Gasteiger partial charge in [0.1, 0.15) is 5.82 Å². The number of rotatable bonds is 12. The van der Waals surface area contributed by atoms with Crippen LogP contribution in [0.4, 0.5) is 4.39 Å². The fourth-order valence-corrected chi connectivity index (χ4v) is 5.09. The molecule has 0 spiro atoms. The predicted octanol–water partition coefficient (Wildman–Crippen LogP) is 4.25. The second kappa shape index (κ2) is 12.2. The maximum absolute atomic E-state index is 15.0. The molecular weight excluding hydrogens is 511 g/mol. The molecule has 0 bridgehead atoms. The molecule has 0 radical (unpaired) electrons. The van der Waals surface area contributed by atoms with E-state index in [0.717, 1.165) is 31.1 Å². The molecule has 3 aromatic rings. The van der Waals surface area contributed by atoms with E-state index in [1.54, 1.807) is 36.4 Å². The van der Waals surface area contributed by atoms with Crippen LogP contribution in [0.15, 0.2) is 53.5 Å². The van der Waals surface area contributed by atoms with E-state index in [4.69, 9.17) is 9.94 Å². The highest BCUT2D eigenvalue weighted by molar-refractivity contribution is 7.92. The van der Waals surface area contributed by atoms with Crippen molar-refractivity contribution < 1.29 is 27.5 Å². The third-order valence-electron chi connectivity index (χ3n) is 6.86. The molecule has 0 aliphatic rings. The SMILES string of the molecule is CC(C)OCCCCc1ccc(-c2ccc3c(=O)n(CC[C@](C)(C(=O)NO)S(C)(=O)=O)ccc3c2)c(F)c1. The Morgan fingerprint density at radius 1 is 1.16 bits per heavy atom. The van der Waals surface area contributed by atoms with Gasteiger partial charge in [0.2, 0.25) is 0 Å². The van der Waals surface area contributed by atoms with Gasteiger partial charge in [0.05, 0.1) is 6.10 Å². The fraction of sp³-hybridized carbons (Fsp3) is 0.429. The number of pyridine rings is 1. The topological polar surface area (TPSA) is 115 Å². The van der Waals surface area contributed by atoms with E-state index in [2.05, 4.69) is 0 Å². The number of amides is 1. The van der Waals surface area contributed by atoms with Crippen molar-refractivity contribution in [3.05, 3.63) is 70.4 Å². The number of hydroxylamine groups is 1. The van der Waals surface area contributed by atoms with Gasteiger partial charge in [0, 0.05) is 36.6 Å². The predicted molar refractivity (Wildman–Crippen MR) is 145 cm³/mol. The minimum atomic E-state index is -3.88. The van der Waals surface area contributed by atoms with Crippen LogP contribution < -0.4 is 11.0 Å². The summed E-state index contributed by atoms with van der Waals surface area (Å²) in [5, 5.41) is 9.98. The van der Waals surface area contributed by atoms with E-state index in [1.807, 2.05) is 19.9 Å². The first-order valence-corrected chi connectivity index (χ1v) is 14.4. The van der Waals surface area contributed by atoms with Gasteiger partial charge in [-0.15, -0.1) is 0 Å². The Kier molecular flexibility index (Phi) is 9.45. The van der Waals surface area contributed by atoms with Crippen LogP contribution in [0.3, 0.4) is 0 Å². The molecule has 1 amide bonds. The number of ether oxygens (including phenoxy) is 1. The van der Waals surface area contributed by atoms with Gasteiger partial charge in [-0.3, -0.25) is 14.8 Å². The Hall–Kier alpha value is -3.08. The van der Waals surface area contributed by atoms with Crippen LogP contribution in [0.25, 0.3) is 21.9 Å². The van der Waals surface area contributed by atoms with Crippen LogP contribution >= 0.6 is 0 Å². The van der Waals surface area contributed by atoms with E-state index in [1.165, 1.54) is 23.2 Å². The fourth-order valence-electron chi connectivity index (χ4n) is 4.25. The van der Waals surface area contributed by atoms with Crippen molar-refractivity contribution >= 4 is 26.5 Å². The lowest BCUT2D eigenvalue weighted by molar-refractivity contribution is -0.131. The Labute approximate surface area is 222 Å². The molecule has 0 fully saturated rings. The second-order valence-corrected chi connectivity index (χ2v) is 12.4. The smallest absolute Gasteiger partial charge is 0.264 e. The van der Waals surface area contributed by atoms with Gasteiger partial charge in [-0.2, -0.15) is 0 Å². The van der Waals surface area contributed by atoms with Crippen LogP contribution in [-0.2, 0) is 32.3 Å². The number of fused-ring (bicyclic) bond motifs is 1. The van der Waals surface area contributed by atoms with Crippen molar-refractivity contribution in [2.24, 2.45) is 0 Å². The van der Waals surface area contributed by atoms with Gasteiger partial charge in [-0.1, -0.05) is 18.2 Å². The van der Waals surface area contributed by atoms with Gasteiger partial charge >= 0.3 is 0 Å². The summed E-state index contributed by atoms with van der Waals surface area (Å²) in [4.78, 5) is 25.1. The standard InChI is InChI=1S/C28H35FN2O6S/c1-19(2)37-16-6-5-7-20-8-10-23(25(29)17-20)21-9-11-24-22(18-21)12-14-31(26(24)32)15-13-28(3,27(33)30-34)38(4,35)36/h8-12,14,17-19,34H,5-7,13,15-16H2,1-4H3,(H,30,33)/t28-/m1/s1. The normalized spacial score (nSPS) is 13.6. The van der Waals surface area contributed by atoms with Gasteiger partial charge in [-0.25, -0.2) is 18.3 Å². The maximum atomic E-state index is 15.0. The van der Waals surface area contributed by atoms with Crippen molar-refractivity contribution in [1.29, 1.82) is 0 Å². The van der Waals surface area contributed by atoms with Gasteiger partial charge < -0.3 is 9.30 Å². The summed E-state index contributed by atoms with van der Waals surface area (Å²) in [7, 11) is -3.88. The van der Waals surface area contributed by atoms with Crippen LogP contribution in [-0.4, -0.2) is 47.8 Å². The highest BCUT2D eigenvalue weighted by Crippen LogP contribution is 2.27. The Bertz CT molecular complexity index is 1470. The van der Waals surface area contributed by atoms with Gasteiger partial charge in [0.25, 0.3) is 11.5 Å². The first-order valence-electron chi connectivity index (χ1n) is 12.5. The number of aryl methyl sites for hydroxylation is 2. The first kappa shape index (κ1) is 29.5. The van der Waals surface area contributed by atoms with E-state index < -0.39 is 20.5 Å². The van der Waals surface area contributed by atoms with Crippen molar-refractivity contribution in [3.8, 4) is 11.1 Å². The largest absolute Gasteiger partial charge is 0.379 e. The van der Waals surface area contributed by atoms with Crippen LogP contribution in [0.5, 0.6) is 0 Å². The number of carbonyl (C=O) groups is 1. The molecule has 1 atom stereocenters. The zero-order chi connectivity index (χ0) is 28.1. The molecule has 3 rings (SSSR count). The molecule has 2 aromatic carbocycles. The number of hydrogen-bond donors (Lipinski definition) is 2. The van der Waals surface area contributed by atoms with Crippen LogP contribution in [0.1, 0.15) is 45.6 Å². The number of benzene rings is 2. The Morgan fingerprint density at radius 2 is 1.89 bits per heavy atom. The minimum absolute atomic E-state index is 0.0623. The summed E-state index contributed by atoms with van der Waals surface area (Å²) < 4.78 is 44.3. The van der Waals surface area contributed by atoms with Crippen molar-refractivity contribution in [2.75, 3.05) is 12.9 Å². The number of nitrogens with zero attached hydrogens (tertiary/aromatic N) is 1. The number of halogens is 1. The molecule has 10 heteroatoms. The van der Waals surface area contributed by atoms with E-state index in [0.29, 0.717) is 28.5 Å². The van der Waals surface area contributed by atoms with Crippen molar-refractivity contribution in [3.63, 3.8) is 0 Å².